The van der Waals surface area contributed by atoms with Crippen LogP contribution in [0.1, 0.15) is 24.2 Å². The van der Waals surface area contributed by atoms with E-state index in [1.165, 1.54) is 0 Å². The number of anilines is 1. The van der Waals surface area contributed by atoms with Crippen molar-refractivity contribution in [2.45, 2.75) is 13.8 Å². The summed E-state index contributed by atoms with van der Waals surface area (Å²) in [4.78, 5) is 20.3. The Morgan fingerprint density at radius 2 is 1.73 bits per heavy atom. The Morgan fingerprint density at radius 1 is 1.00 bits per heavy atom. The third kappa shape index (κ3) is 4.07. The van der Waals surface area contributed by atoms with Crippen LogP contribution in [0.4, 0.5) is 5.82 Å². The van der Waals surface area contributed by atoms with E-state index in [-0.39, 0.29) is 5.91 Å². The van der Waals surface area contributed by atoms with E-state index in [0.29, 0.717) is 43.4 Å². The van der Waals surface area contributed by atoms with Crippen LogP contribution in [0.25, 0.3) is 0 Å². The third-order valence-corrected chi connectivity index (χ3v) is 4.39. The Balaban J connectivity index is 1.67. The van der Waals surface area contributed by atoms with Gasteiger partial charge in [0, 0.05) is 11.6 Å². The third-order valence-electron chi connectivity index (χ3n) is 4.39. The van der Waals surface area contributed by atoms with Crippen LogP contribution in [0.5, 0.6) is 11.5 Å². The van der Waals surface area contributed by atoms with Crippen LogP contribution in [-0.2, 0) is 0 Å². The van der Waals surface area contributed by atoms with Crippen molar-refractivity contribution in [1.29, 1.82) is 0 Å². The first-order valence-corrected chi connectivity index (χ1v) is 9.13. The van der Waals surface area contributed by atoms with Crippen molar-refractivity contribution in [2.75, 3.05) is 44.3 Å². The topological polar surface area (TPSA) is 56.2 Å². The van der Waals surface area contributed by atoms with Gasteiger partial charge in [0.15, 0.2) is 11.5 Å². The van der Waals surface area contributed by atoms with Crippen LogP contribution in [0, 0.1) is 0 Å². The summed E-state index contributed by atoms with van der Waals surface area (Å²) in [5.41, 5.74) is 0.636. The van der Waals surface area contributed by atoms with Crippen molar-refractivity contribution in [3.05, 3.63) is 48.2 Å². The van der Waals surface area contributed by atoms with Gasteiger partial charge in [-0.05, 0) is 38.1 Å². The average Bonchev–Trinajstić information content (AvgIpc) is 2.70. The van der Waals surface area contributed by atoms with Crippen LogP contribution in [-0.4, -0.2) is 50.2 Å². The Labute approximate surface area is 154 Å². The smallest absolute Gasteiger partial charge is 0.274 e. The molecule has 0 spiro atoms. The first-order valence-electron chi connectivity index (χ1n) is 9.13. The maximum absolute atomic E-state index is 12.9. The number of nitrogens with one attached hydrogen (secondary N) is 1. The van der Waals surface area contributed by atoms with E-state index in [0.717, 1.165) is 18.9 Å². The molecule has 1 aliphatic heterocycles. The lowest BCUT2D eigenvalue weighted by Gasteiger charge is -2.31. The van der Waals surface area contributed by atoms with Crippen molar-refractivity contribution < 1.29 is 19.3 Å². The number of piperazine rings is 1. The van der Waals surface area contributed by atoms with Gasteiger partial charge in [-0.25, -0.2) is 4.98 Å². The van der Waals surface area contributed by atoms with Gasteiger partial charge < -0.3 is 14.4 Å². The van der Waals surface area contributed by atoms with Gasteiger partial charge in [0.1, 0.15) is 13.1 Å². The normalized spacial score (nSPS) is 14.2. The fourth-order valence-corrected chi connectivity index (χ4v) is 3.10. The summed E-state index contributed by atoms with van der Waals surface area (Å²) in [6.45, 7) is 7.94. The molecule has 1 N–H and O–H groups in total. The Kier molecular flexibility index (Phi) is 5.94. The fourth-order valence-electron chi connectivity index (χ4n) is 3.10. The number of H-pyrrole nitrogens is 1. The first kappa shape index (κ1) is 18.0. The highest BCUT2D eigenvalue weighted by Gasteiger charge is 2.27. The molecule has 0 bridgehead atoms. The summed E-state index contributed by atoms with van der Waals surface area (Å²) in [7, 11) is 0. The largest absolute Gasteiger partial charge is 0.490 e. The zero-order valence-electron chi connectivity index (χ0n) is 15.4. The molecule has 0 saturated carbocycles. The second kappa shape index (κ2) is 8.56. The average molecular weight is 356 g/mol. The van der Waals surface area contributed by atoms with Gasteiger partial charge in [-0.15, -0.1) is 0 Å². The molecule has 0 atom stereocenters. The minimum atomic E-state index is 0.0330. The number of rotatable bonds is 6. The molecular formula is C20H26N3O3+. The number of aromatic nitrogens is 1. The number of pyridine rings is 1. The number of benzene rings is 1. The molecule has 1 saturated heterocycles. The molecule has 138 valence electrons. The monoisotopic (exact) mass is 356 g/mol. The number of aromatic amines is 1. The molecule has 6 heteroatoms. The quantitative estimate of drug-likeness (QED) is 0.797. The summed E-state index contributed by atoms with van der Waals surface area (Å²) in [5.74, 6) is 2.41. The lowest BCUT2D eigenvalue weighted by molar-refractivity contribution is -0.364. The SMILES string of the molecule is CCOc1ccc(C(=O)N2CCN(c3cccc[nH+]3)CC2)cc1OCC. The zero-order chi connectivity index (χ0) is 18.4. The molecule has 0 unspecified atom stereocenters. The van der Waals surface area contributed by atoms with E-state index in [2.05, 4.69) is 16.0 Å². The van der Waals surface area contributed by atoms with E-state index in [1.54, 1.807) is 6.07 Å². The number of hydrogen-bond donors (Lipinski definition) is 0. The van der Waals surface area contributed by atoms with Gasteiger partial charge in [0.25, 0.3) is 11.7 Å². The summed E-state index contributed by atoms with van der Waals surface area (Å²) < 4.78 is 11.2. The minimum Gasteiger partial charge on any atom is -0.490 e. The van der Waals surface area contributed by atoms with Gasteiger partial charge in [-0.2, -0.15) is 0 Å². The Hall–Kier alpha value is -2.76. The molecular weight excluding hydrogens is 330 g/mol. The lowest BCUT2D eigenvalue weighted by Crippen LogP contribution is -2.50. The lowest BCUT2D eigenvalue weighted by atomic mass is 10.1. The molecule has 0 aliphatic carbocycles. The van der Waals surface area contributed by atoms with E-state index in [1.807, 2.05) is 49.2 Å². The van der Waals surface area contributed by atoms with E-state index < -0.39 is 0 Å². The molecule has 1 aliphatic rings. The molecule has 1 fully saturated rings. The molecule has 3 rings (SSSR count). The molecule has 2 heterocycles. The standard InChI is InChI=1S/C20H25N3O3/c1-3-25-17-9-8-16(15-18(17)26-4-2)20(24)23-13-11-22(12-14-23)19-7-5-6-10-21-19/h5-10,15H,3-4,11-14H2,1-2H3/p+1. The number of nitrogens with zero attached hydrogens (tertiary/aromatic N) is 2. The second-order valence-electron chi connectivity index (χ2n) is 6.05. The minimum absolute atomic E-state index is 0.0330. The summed E-state index contributed by atoms with van der Waals surface area (Å²) >= 11 is 0. The van der Waals surface area contributed by atoms with Crippen molar-refractivity contribution in [2.24, 2.45) is 0 Å². The molecule has 2 aromatic rings. The maximum Gasteiger partial charge on any atom is 0.274 e. The fraction of sp³-hybridized carbons (Fsp3) is 0.400. The van der Waals surface area contributed by atoms with Gasteiger partial charge in [0.05, 0.1) is 32.5 Å². The van der Waals surface area contributed by atoms with Crippen molar-refractivity contribution in [3.63, 3.8) is 0 Å². The van der Waals surface area contributed by atoms with Crippen LogP contribution in [0.3, 0.4) is 0 Å². The highest BCUT2D eigenvalue weighted by atomic mass is 16.5. The Morgan fingerprint density at radius 3 is 2.38 bits per heavy atom. The van der Waals surface area contributed by atoms with Crippen LogP contribution in [0.15, 0.2) is 42.6 Å². The second-order valence-corrected chi connectivity index (χ2v) is 6.05. The number of carbonyl (C=O) groups is 1. The highest BCUT2D eigenvalue weighted by Crippen LogP contribution is 2.29. The predicted octanol–water partition coefficient (Wildman–Crippen LogP) is 2.26. The molecule has 1 amide bonds. The van der Waals surface area contributed by atoms with Crippen molar-refractivity contribution in [1.82, 2.24) is 4.90 Å². The molecule has 26 heavy (non-hydrogen) atoms. The maximum atomic E-state index is 12.9. The van der Waals surface area contributed by atoms with Crippen molar-refractivity contribution >= 4 is 11.7 Å². The molecule has 1 aromatic carbocycles. The summed E-state index contributed by atoms with van der Waals surface area (Å²) in [5, 5.41) is 0. The van der Waals surface area contributed by atoms with E-state index in [4.69, 9.17) is 9.47 Å². The van der Waals surface area contributed by atoms with E-state index in [9.17, 15) is 4.79 Å². The van der Waals surface area contributed by atoms with Crippen molar-refractivity contribution in [3.8, 4) is 11.5 Å². The number of carbonyl (C=O) groups excluding carboxylic acids is 1. The van der Waals surface area contributed by atoms with Gasteiger partial charge in [-0.3, -0.25) is 9.69 Å². The number of ether oxygens (including phenoxy) is 2. The number of hydrogen-bond acceptors (Lipinski definition) is 4. The summed E-state index contributed by atoms with van der Waals surface area (Å²) in [6, 6.07) is 11.4. The van der Waals surface area contributed by atoms with E-state index >= 15 is 0 Å². The van der Waals surface area contributed by atoms with Gasteiger partial charge in [-0.1, -0.05) is 6.07 Å². The zero-order valence-corrected chi connectivity index (χ0v) is 15.4. The number of amides is 1. The van der Waals surface area contributed by atoms with Crippen LogP contribution in [0.2, 0.25) is 0 Å². The van der Waals surface area contributed by atoms with Crippen LogP contribution < -0.4 is 19.4 Å². The molecule has 6 nitrogen and oxygen atoms in total. The first-order chi connectivity index (χ1) is 12.7. The Bertz CT molecular complexity index is 728. The molecule has 0 radical (unpaired) electrons. The predicted molar refractivity (Wildman–Crippen MR) is 99.9 cm³/mol. The molecule has 1 aromatic heterocycles. The van der Waals surface area contributed by atoms with Gasteiger partial charge >= 0.3 is 0 Å². The van der Waals surface area contributed by atoms with Gasteiger partial charge in [0.2, 0.25) is 0 Å². The highest BCUT2D eigenvalue weighted by molar-refractivity contribution is 5.95. The van der Waals surface area contributed by atoms with Crippen LogP contribution >= 0.6 is 0 Å². The summed E-state index contributed by atoms with van der Waals surface area (Å²) in [6.07, 6.45) is 1.92.